The van der Waals surface area contributed by atoms with Crippen LogP contribution in [0.5, 0.6) is 0 Å². The van der Waals surface area contributed by atoms with Gasteiger partial charge in [-0.1, -0.05) is 41.6 Å². The molecule has 0 spiro atoms. The van der Waals surface area contributed by atoms with Gasteiger partial charge in [-0.3, -0.25) is 20.1 Å². The second-order valence-corrected chi connectivity index (χ2v) is 7.95. The summed E-state index contributed by atoms with van der Waals surface area (Å²) in [5.41, 5.74) is 1.52. The molecule has 0 aliphatic carbocycles. The van der Waals surface area contributed by atoms with Gasteiger partial charge in [0.15, 0.2) is 0 Å². The number of hydrogen-bond acceptors (Lipinski definition) is 6. The van der Waals surface area contributed by atoms with Crippen LogP contribution in [0.25, 0.3) is 21.8 Å². The Morgan fingerprint density at radius 3 is 2.44 bits per heavy atom. The number of para-hydroxylation sites is 1. The molecule has 0 N–H and O–H groups in total. The van der Waals surface area contributed by atoms with Crippen molar-refractivity contribution in [3.05, 3.63) is 70.0 Å². The monoisotopic (exact) mass is 413 g/mol. The first-order valence-corrected chi connectivity index (χ1v) is 10.3. The van der Waals surface area contributed by atoms with Gasteiger partial charge in [0.25, 0.3) is 5.69 Å². The third-order valence-corrected chi connectivity index (χ3v) is 6.66. The van der Waals surface area contributed by atoms with Crippen LogP contribution in [-0.4, -0.2) is 21.1 Å². The summed E-state index contributed by atoms with van der Waals surface area (Å²) in [5, 5.41) is 13.2. The van der Waals surface area contributed by atoms with Gasteiger partial charge in [-0.05, 0) is 18.4 Å². The van der Waals surface area contributed by atoms with E-state index in [1.165, 1.54) is 23.9 Å². The average Bonchev–Trinajstić information content (AvgIpc) is 2.70. The highest BCUT2D eigenvalue weighted by Crippen LogP contribution is 2.43. The summed E-state index contributed by atoms with van der Waals surface area (Å²) in [4.78, 5) is 22.4. The predicted octanol–water partition coefficient (Wildman–Crippen LogP) is 6.22. The van der Waals surface area contributed by atoms with Gasteiger partial charge in [-0.2, -0.15) is 0 Å². The van der Waals surface area contributed by atoms with Crippen molar-refractivity contribution in [1.82, 2.24) is 9.97 Å². The van der Waals surface area contributed by atoms with Crippen LogP contribution in [0.15, 0.2) is 69.5 Å². The van der Waals surface area contributed by atoms with Gasteiger partial charge in [0.1, 0.15) is 0 Å². The Morgan fingerprint density at radius 2 is 1.70 bits per heavy atom. The van der Waals surface area contributed by atoms with Gasteiger partial charge in [0, 0.05) is 50.0 Å². The number of pyridine rings is 2. The fourth-order valence-electron chi connectivity index (χ4n) is 2.77. The van der Waals surface area contributed by atoms with Crippen molar-refractivity contribution in [2.45, 2.75) is 14.7 Å². The number of nitro benzene ring substituents is 1. The maximum atomic E-state index is 11.1. The molecule has 0 saturated heterocycles. The zero-order chi connectivity index (χ0) is 19.0. The Kier molecular flexibility index (Phi) is 4.90. The van der Waals surface area contributed by atoms with Crippen molar-refractivity contribution in [2.75, 3.05) is 6.26 Å². The van der Waals surface area contributed by atoms with E-state index in [9.17, 15) is 10.1 Å². The largest absolute Gasteiger partial charge is 0.270 e. The first-order chi connectivity index (χ1) is 13.1. The molecule has 4 rings (SSSR count). The summed E-state index contributed by atoms with van der Waals surface area (Å²) in [6, 6.07) is 12.4. The molecule has 0 saturated carbocycles. The van der Waals surface area contributed by atoms with Crippen molar-refractivity contribution in [3.8, 4) is 0 Å². The van der Waals surface area contributed by atoms with Crippen LogP contribution in [0.3, 0.4) is 0 Å². The van der Waals surface area contributed by atoms with E-state index in [0.717, 1.165) is 25.6 Å². The molecule has 0 aliphatic rings. The van der Waals surface area contributed by atoms with E-state index in [-0.39, 0.29) is 5.69 Å². The number of aromatic nitrogens is 2. The molecule has 8 heteroatoms. The highest BCUT2D eigenvalue weighted by atomic mass is 35.5. The van der Waals surface area contributed by atoms with Crippen LogP contribution < -0.4 is 0 Å². The topological polar surface area (TPSA) is 68.9 Å². The number of benzene rings is 2. The summed E-state index contributed by atoms with van der Waals surface area (Å²) in [5.74, 6) is 0. The van der Waals surface area contributed by atoms with Crippen LogP contribution in [0, 0.1) is 10.1 Å². The Balaban J connectivity index is 1.88. The zero-order valence-electron chi connectivity index (χ0n) is 14.0. The fraction of sp³-hybridized carbons (Fsp3) is 0.0526. The molecule has 0 aliphatic heterocycles. The summed E-state index contributed by atoms with van der Waals surface area (Å²) in [7, 11) is 0. The maximum Gasteiger partial charge on any atom is 0.270 e. The van der Waals surface area contributed by atoms with Crippen molar-refractivity contribution in [1.29, 1.82) is 0 Å². The lowest BCUT2D eigenvalue weighted by molar-refractivity contribution is -0.384. The summed E-state index contributed by atoms with van der Waals surface area (Å²) in [6.45, 7) is 0. The number of fused-ring (bicyclic) bond motifs is 2. The molecule has 2 aromatic heterocycles. The number of nitrogens with zero attached hydrogens (tertiary/aromatic N) is 3. The quantitative estimate of drug-likeness (QED) is 0.225. The third kappa shape index (κ3) is 3.34. The van der Waals surface area contributed by atoms with Gasteiger partial charge in [0.2, 0.25) is 0 Å². The van der Waals surface area contributed by atoms with Crippen LogP contribution in [0.2, 0.25) is 5.02 Å². The molecule has 0 fully saturated rings. The van der Waals surface area contributed by atoms with Crippen molar-refractivity contribution < 1.29 is 4.92 Å². The second-order valence-electron chi connectivity index (χ2n) is 5.67. The van der Waals surface area contributed by atoms with Crippen molar-refractivity contribution in [3.63, 3.8) is 0 Å². The molecule has 134 valence electrons. The minimum atomic E-state index is -0.433. The number of hydrogen-bond donors (Lipinski definition) is 0. The zero-order valence-corrected chi connectivity index (χ0v) is 16.4. The minimum absolute atomic E-state index is 0.00693. The summed E-state index contributed by atoms with van der Waals surface area (Å²) >= 11 is 9.72. The lowest BCUT2D eigenvalue weighted by Crippen LogP contribution is -1.91. The molecule has 27 heavy (non-hydrogen) atoms. The minimum Gasteiger partial charge on any atom is -0.258 e. The van der Waals surface area contributed by atoms with Crippen LogP contribution in [0.1, 0.15) is 0 Å². The lowest BCUT2D eigenvalue weighted by atomic mass is 10.2. The first kappa shape index (κ1) is 18.0. The van der Waals surface area contributed by atoms with Crippen LogP contribution >= 0.6 is 35.1 Å². The highest BCUT2D eigenvalue weighted by Gasteiger charge is 2.16. The van der Waals surface area contributed by atoms with E-state index in [4.69, 9.17) is 11.6 Å². The molecule has 0 unspecified atom stereocenters. The molecule has 4 aromatic rings. The number of nitro groups is 1. The van der Waals surface area contributed by atoms with Gasteiger partial charge < -0.3 is 0 Å². The molecule has 5 nitrogen and oxygen atoms in total. The van der Waals surface area contributed by atoms with Gasteiger partial charge in [-0.15, -0.1) is 11.8 Å². The first-order valence-electron chi connectivity index (χ1n) is 7.90. The van der Waals surface area contributed by atoms with Crippen LogP contribution in [-0.2, 0) is 0 Å². The van der Waals surface area contributed by atoms with Gasteiger partial charge in [0.05, 0.1) is 21.0 Å². The smallest absolute Gasteiger partial charge is 0.258 e. The van der Waals surface area contributed by atoms with E-state index in [2.05, 4.69) is 9.97 Å². The Labute approximate surface area is 168 Å². The second kappa shape index (κ2) is 7.34. The van der Waals surface area contributed by atoms with E-state index < -0.39 is 4.92 Å². The Hall–Kier alpha value is -2.35. The molecular weight excluding hydrogens is 402 g/mol. The van der Waals surface area contributed by atoms with E-state index in [0.29, 0.717) is 15.9 Å². The lowest BCUT2D eigenvalue weighted by Gasteiger charge is -2.12. The maximum absolute atomic E-state index is 11.1. The van der Waals surface area contributed by atoms with Gasteiger partial charge in [-0.25, -0.2) is 0 Å². The number of halogens is 1. The highest BCUT2D eigenvalue weighted by molar-refractivity contribution is 8.02. The average molecular weight is 414 g/mol. The SMILES string of the molecule is CSc1cnc2ccccc2c1Sc1cnc2ccc([N+](=O)[O-])cc2c1Cl. The molecule has 2 heterocycles. The molecule has 2 aromatic carbocycles. The summed E-state index contributed by atoms with van der Waals surface area (Å²) < 4.78 is 0. The third-order valence-electron chi connectivity index (χ3n) is 4.09. The number of non-ortho nitro benzene ring substituents is 1. The van der Waals surface area contributed by atoms with Crippen molar-refractivity contribution in [2.24, 2.45) is 0 Å². The standard InChI is InChI=1S/C19H12ClN3O2S2/c1-26-17-10-22-14-5-3-2-4-12(14)19(17)27-16-9-21-15-7-6-11(23(24)25)8-13(15)18(16)20/h2-10H,1H3. The van der Waals surface area contributed by atoms with Gasteiger partial charge >= 0.3 is 0 Å². The Bertz CT molecular complexity index is 1200. The number of thioether (sulfide) groups is 1. The van der Waals surface area contributed by atoms with E-state index in [1.54, 1.807) is 24.0 Å². The molecule has 0 radical (unpaired) electrons. The normalized spacial score (nSPS) is 11.2. The molecule has 0 atom stereocenters. The summed E-state index contributed by atoms with van der Waals surface area (Å²) in [6.07, 6.45) is 5.56. The molecular formula is C19H12ClN3O2S2. The predicted molar refractivity (Wildman–Crippen MR) is 111 cm³/mol. The molecule has 0 bridgehead atoms. The fourth-order valence-corrected chi connectivity index (χ4v) is 4.88. The van der Waals surface area contributed by atoms with Crippen LogP contribution in [0.4, 0.5) is 5.69 Å². The number of rotatable bonds is 4. The molecule has 0 amide bonds. The Morgan fingerprint density at radius 1 is 1.00 bits per heavy atom. The van der Waals surface area contributed by atoms with E-state index in [1.807, 2.05) is 36.7 Å². The van der Waals surface area contributed by atoms with Crippen molar-refractivity contribution >= 4 is 62.6 Å². The van der Waals surface area contributed by atoms with E-state index >= 15 is 0 Å².